The number of carbonyl (C=O) groups is 2. The van der Waals surface area contributed by atoms with Crippen LogP contribution in [0.2, 0.25) is 0 Å². The van der Waals surface area contributed by atoms with Gasteiger partial charge in [-0.3, -0.25) is 9.59 Å². The van der Waals surface area contributed by atoms with Gasteiger partial charge in [-0.25, -0.2) is 4.98 Å². The predicted molar refractivity (Wildman–Crippen MR) is 108 cm³/mol. The minimum absolute atomic E-state index is 0.228. The maximum Gasteiger partial charge on any atom is 0.223 e. The van der Waals surface area contributed by atoms with E-state index in [-0.39, 0.29) is 17.2 Å². The molecule has 1 aromatic rings. The molecule has 3 rings (SSSR count). The van der Waals surface area contributed by atoms with Gasteiger partial charge in [0.15, 0.2) is 0 Å². The van der Waals surface area contributed by atoms with Gasteiger partial charge in [-0.15, -0.1) is 11.3 Å². The van der Waals surface area contributed by atoms with Crippen LogP contribution >= 0.6 is 11.3 Å². The molecule has 1 aliphatic carbocycles. The maximum atomic E-state index is 13.0. The van der Waals surface area contributed by atoms with Gasteiger partial charge in [0.25, 0.3) is 0 Å². The summed E-state index contributed by atoms with van der Waals surface area (Å²) in [7, 11) is 0. The van der Waals surface area contributed by atoms with E-state index in [1.807, 2.05) is 16.5 Å². The van der Waals surface area contributed by atoms with Crippen molar-refractivity contribution in [2.45, 2.75) is 78.3 Å². The molecule has 0 aromatic carbocycles. The Kier molecular flexibility index (Phi) is 6.56. The van der Waals surface area contributed by atoms with Crippen LogP contribution in [0.4, 0.5) is 0 Å². The van der Waals surface area contributed by atoms with E-state index in [2.05, 4.69) is 30.7 Å². The second-order valence-corrected chi connectivity index (χ2v) is 9.36. The molecular formula is C21H33N3O2S. The minimum atomic E-state index is 0.228. The van der Waals surface area contributed by atoms with E-state index >= 15 is 0 Å². The van der Waals surface area contributed by atoms with Crippen molar-refractivity contribution in [3.05, 3.63) is 16.6 Å². The van der Waals surface area contributed by atoms with Crippen LogP contribution in [-0.4, -0.2) is 45.7 Å². The minimum Gasteiger partial charge on any atom is -0.343 e. The fourth-order valence-electron chi connectivity index (χ4n) is 4.29. The molecule has 2 amide bonds. The normalized spacial score (nSPS) is 21.9. The molecule has 2 aliphatic rings. The molecule has 0 bridgehead atoms. The van der Waals surface area contributed by atoms with Gasteiger partial charge in [0.1, 0.15) is 5.01 Å². The first-order valence-corrected chi connectivity index (χ1v) is 11.3. The third-order valence-electron chi connectivity index (χ3n) is 6.43. The standard InChI is InChI=1S/C21H33N3O2S/c1-4-6-19(25)23-10-7-21(8-11-23)14-17(21)24(15-18-22-9-12-27-18)20(26)13-16(3)5-2/h9,12,16-17H,4-8,10-11,13-15H2,1-3H3. The Morgan fingerprint density at radius 2 is 2.11 bits per heavy atom. The monoisotopic (exact) mass is 391 g/mol. The van der Waals surface area contributed by atoms with Crippen molar-refractivity contribution in [2.24, 2.45) is 11.3 Å². The number of hydrogen-bond donors (Lipinski definition) is 0. The number of likely N-dealkylation sites (tertiary alicyclic amines) is 1. The zero-order valence-corrected chi connectivity index (χ0v) is 17.8. The van der Waals surface area contributed by atoms with Crippen LogP contribution in [0.1, 0.15) is 70.7 Å². The van der Waals surface area contributed by atoms with E-state index < -0.39 is 0 Å². The van der Waals surface area contributed by atoms with Crippen molar-refractivity contribution in [2.75, 3.05) is 13.1 Å². The largest absolute Gasteiger partial charge is 0.343 e. The van der Waals surface area contributed by atoms with Crippen molar-refractivity contribution in [3.8, 4) is 0 Å². The topological polar surface area (TPSA) is 53.5 Å². The number of carbonyl (C=O) groups excluding carboxylic acids is 2. The van der Waals surface area contributed by atoms with E-state index in [1.165, 1.54) is 0 Å². The van der Waals surface area contributed by atoms with Crippen LogP contribution in [0.15, 0.2) is 11.6 Å². The van der Waals surface area contributed by atoms with Gasteiger partial charge in [0.2, 0.25) is 11.8 Å². The van der Waals surface area contributed by atoms with Gasteiger partial charge in [0.05, 0.1) is 6.54 Å². The Labute approximate surface area is 167 Å². The Bertz CT molecular complexity index is 638. The number of amides is 2. The highest BCUT2D eigenvalue weighted by molar-refractivity contribution is 7.09. The molecule has 1 aromatic heterocycles. The van der Waals surface area contributed by atoms with Crippen LogP contribution in [0.5, 0.6) is 0 Å². The first kappa shape index (κ1) is 20.3. The van der Waals surface area contributed by atoms with Crippen molar-refractivity contribution < 1.29 is 9.59 Å². The second-order valence-electron chi connectivity index (χ2n) is 8.38. The SMILES string of the molecule is CCCC(=O)N1CCC2(CC1)CC2N(Cc1nccs1)C(=O)CC(C)CC. The molecule has 5 nitrogen and oxygen atoms in total. The molecule has 6 heteroatoms. The summed E-state index contributed by atoms with van der Waals surface area (Å²) in [5, 5.41) is 3.00. The number of rotatable bonds is 8. The molecule has 2 fully saturated rings. The zero-order chi connectivity index (χ0) is 19.4. The molecule has 2 heterocycles. The average molecular weight is 392 g/mol. The maximum absolute atomic E-state index is 13.0. The average Bonchev–Trinajstić information content (AvgIpc) is 3.09. The molecule has 0 radical (unpaired) electrons. The van der Waals surface area contributed by atoms with Crippen LogP contribution in [0, 0.1) is 11.3 Å². The van der Waals surface area contributed by atoms with Crippen LogP contribution in [0.3, 0.4) is 0 Å². The lowest BCUT2D eigenvalue weighted by Crippen LogP contribution is -2.43. The third kappa shape index (κ3) is 4.71. The van der Waals surface area contributed by atoms with Gasteiger partial charge in [-0.05, 0) is 37.0 Å². The molecule has 1 aliphatic heterocycles. The number of piperidine rings is 1. The molecule has 150 valence electrons. The summed E-state index contributed by atoms with van der Waals surface area (Å²) in [5.74, 6) is 0.975. The molecule has 1 spiro atoms. The summed E-state index contributed by atoms with van der Waals surface area (Å²) in [5.41, 5.74) is 0.228. The Morgan fingerprint density at radius 3 is 2.70 bits per heavy atom. The van der Waals surface area contributed by atoms with Crippen LogP contribution < -0.4 is 0 Å². The quantitative estimate of drug-likeness (QED) is 0.671. The highest BCUT2D eigenvalue weighted by Gasteiger charge is 2.58. The number of hydrogen-bond acceptors (Lipinski definition) is 4. The molecule has 1 saturated heterocycles. The van der Waals surface area contributed by atoms with Gasteiger partial charge in [-0.2, -0.15) is 0 Å². The van der Waals surface area contributed by atoms with E-state index in [0.29, 0.717) is 31.3 Å². The van der Waals surface area contributed by atoms with Gasteiger partial charge in [-0.1, -0.05) is 27.2 Å². The summed E-state index contributed by atoms with van der Waals surface area (Å²) in [6.45, 7) is 8.68. The lowest BCUT2D eigenvalue weighted by molar-refractivity contribution is -0.136. The fourth-order valence-corrected chi connectivity index (χ4v) is 4.90. The third-order valence-corrected chi connectivity index (χ3v) is 7.19. The van der Waals surface area contributed by atoms with Crippen LogP contribution in [0.25, 0.3) is 0 Å². The molecule has 2 unspecified atom stereocenters. The van der Waals surface area contributed by atoms with Gasteiger partial charge in [0, 0.05) is 43.5 Å². The molecule has 1 saturated carbocycles. The summed E-state index contributed by atoms with van der Waals surface area (Å²) in [6, 6.07) is 0.321. The smallest absolute Gasteiger partial charge is 0.223 e. The predicted octanol–water partition coefficient (Wildman–Crippen LogP) is 4.09. The van der Waals surface area contributed by atoms with Crippen molar-refractivity contribution in [3.63, 3.8) is 0 Å². The lowest BCUT2D eigenvalue weighted by Gasteiger charge is -2.35. The van der Waals surface area contributed by atoms with Crippen molar-refractivity contribution in [1.82, 2.24) is 14.8 Å². The highest BCUT2D eigenvalue weighted by atomic mass is 32.1. The van der Waals surface area contributed by atoms with Crippen molar-refractivity contribution >= 4 is 23.2 Å². The van der Waals surface area contributed by atoms with Gasteiger partial charge < -0.3 is 9.80 Å². The van der Waals surface area contributed by atoms with E-state index in [0.717, 1.165) is 50.2 Å². The zero-order valence-electron chi connectivity index (χ0n) is 16.9. The Hall–Kier alpha value is -1.43. The van der Waals surface area contributed by atoms with Crippen LogP contribution in [-0.2, 0) is 16.1 Å². The molecule has 0 N–H and O–H groups in total. The summed E-state index contributed by atoms with van der Waals surface area (Å²) < 4.78 is 0. The van der Waals surface area contributed by atoms with Crippen molar-refractivity contribution in [1.29, 1.82) is 0 Å². The Morgan fingerprint density at radius 1 is 1.37 bits per heavy atom. The van der Waals surface area contributed by atoms with Gasteiger partial charge >= 0.3 is 0 Å². The highest BCUT2D eigenvalue weighted by Crippen LogP contribution is 2.57. The molecule has 2 atom stereocenters. The van der Waals surface area contributed by atoms with E-state index in [9.17, 15) is 9.59 Å². The number of nitrogens with zero attached hydrogens (tertiary/aromatic N) is 3. The fraction of sp³-hybridized carbons (Fsp3) is 0.762. The second kappa shape index (κ2) is 8.72. The Balaban J connectivity index is 1.64. The summed E-state index contributed by atoms with van der Waals surface area (Å²) in [4.78, 5) is 33.8. The molecule has 27 heavy (non-hydrogen) atoms. The first-order chi connectivity index (χ1) is 13.0. The molecular weight excluding hydrogens is 358 g/mol. The first-order valence-electron chi connectivity index (χ1n) is 10.4. The lowest BCUT2D eigenvalue weighted by atomic mass is 9.91. The van der Waals surface area contributed by atoms with E-state index in [4.69, 9.17) is 0 Å². The summed E-state index contributed by atoms with van der Waals surface area (Å²) in [6.07, 6.45) is 8.17. The number of aromatic nitrogens is 1. The summed E-state index contributed by atoms with van der Waals surface area (Å²) >= 11 is 1.63. The van der Waals surface area contributed by atoms with E-state index in [1.54, 1.807) is 11.3 Å². The number of thiazole rings is 1.